The second kappa shape index (κ2) is 4.83. The number of piperidine rings is 1. The van der Waals surface area contributed by atoms with Crippen LogP contribution in [0.25, 0.3) is 0 Å². The van der Waals surface area contributed by atoms with E-state index in [1.165, 1.54) is 6.42 Å². The van der Waals surface area contributed by atoms with Crippen molar-refractivity contribution in [2.24, 2.45) is 0 Å². The second-order valence-corrected chi connectivity index (χ2v) is 3.72. The quantitative estimate of drug-likeness (QED) is 0.634. The lowest BCUT2D eigenvalue weighted by molar-refractivity contribution is -0.117. The van der Waals surface area contributed by atoms with Gasteiger partial charge in [-0.15, -0.1) is 0 Å². The second-order valence-electron chi connectivity index (χ2n) is 3.35. The molecule has 0 saturated carbocycles. The molecule has 70 valence electrons. The van der Waals surface area contributed by atoms with Crippen LogP contribution < -0.4 is 0 Å². The molecule has 0 aromatic carbocycles. The minimum atomic E-state index is -0.178. The molecule has 0 bridgehead atoms. The number of nitrogens with zero attached hydrogens (tertiary/aromatic N) is 1. The average Bonchev–Trinajstić information content (AvgIpc) is 2.05. The Morgan fingerprint density at radius 2 is 2.33 bits per heavy atom. The summed E-state index contributed by atoms with van der Waals surface area (Å²) in [7, 11) is 0. The van der Waals surface area contributed by atoms with Gasteiger partial charge in [-0.3, -0.25) is 9.69 Å². The van der Waals surface area contributed by atoms with Crippen LogP contribution in [0.1, 0.15) is 32.6 Å². The lowest BCUT2D eigenvalue weighted by Gasteiger charge is -2.32. The van der Waals surface area contributed by atoms with Crippen LogP contribution in [0.3, 0.4) is 0 Å². The van der Waals surface area contributed by atoms with Gasteiger partial charge >= 0.3 is 0 Å². The SMILES string of the molecule is CCCN1CCCCC1C(=O)Cl. The van der Waals surface area contributed by atoms with Crippen molar-refractivity contribution in [1.82, 2.24) is 4.90 Å². The van der Waals surface area contributed by atoms with E-state index in [4.69, 9.17) is 11.6 Å². The Bertz CT molecular complexity index is 159. The third-order valence-electron chi connectivity index (χ3n) is 2.39. The predicted molar refractivity (Wildman–Crippen MR) is 50.4 cm³/mol. The molecule has 0 amide bonds. The Labute approximate surface area is 78.9 Å². The first kappa shape index (κ1) is 10.0. The lowest BCUT2D eigenvalue weighted by Crippen LogP contribution is -2.43. The smallest absolute Gasteiger partial charge is 0.238 e. The van der Waals surface area contributed by atoms with Crippen molar-refractivity contribution in [2.75, 3.05) is 13.1 Å². The first-order valence-electron chi connectivity index (χ1n) is 4.69. The average molecular weight is 190 g/mol. The van der Waals surface area contributed by atoms with Gasteiger partial charge in [-0.1, -0.05) is 13.3 Å². The fourth-order valence-corrected chi connectivity index (χ4v) is 2.05. The van der Waals surface area contributed by atoms with E-state index >= 15 is 0 Å². The standard InChI is InChI=1S/C9H16ClNO/c1-2-6-11-7-4-3-5-8(11)9(10)12/h8H,2-7H2,1H3. The third kappa shape index (κ3) is 2.46. The minimum Gasteiger partial charge on any atom is -0.293 e. The van der Waals surface area contributed by atoms with Gasteiger partial charge in [-0.25, -0.2) is 0 Å². The lowest BCUT2D eigenvalue weighted by atomic mass is 10.0. The predicted octanol–water partition coefficient (Wildman–Crippen LogP) is 2.02. The molecule has 0 aromatic heterocycles. The number of carbonyl (C=O) groups is 1. The summed E-state index contributed by atoms with van der Waals surface area (Å²) in [5.41, 5.74) is 0. The van der Waals surface area contributed by atoms with Gasteiger partial charge in [-0.05, 0) is 44.0 Å². The Balaban J connectivity index is 2.48. The fraction of sp³-hybridized carbons (Fsp3) is 0.889. The molecule has 1 saturated heterocycles. The molecule has 1 fully saturated rings. The highest BCUT2D eigenvalue weighted by Gasteiger charge is 2.26. The molecule has 2 nitrogen and oxygen atoms in total. The van der Waals surface area contributed by atoms with Gasteiger partial charge in [0.05, 0.1) is 6.04 Å². The van der Waals surface area contributed by atoms with Crippen molar-refractivity contribution in [3.63, 3.8) is 0 Å². The molecule has 12 heavy (non-hydrogen) atoms. The molecular weight excluding hydrogens is 174 g/mol. The molecule has 0 aliphatic carbocycles. The monoisotopic (exact) mass is 189 g/mol. The maximum atomic E-state index is 11.0. The van der Waals surface area contributed by atoms with Crippen molar-refractivity contribution >= 4 is 16.8 Å². The highest BCUT2D eigenvalue weighted by Crippen LogP contribution is 2.18. The molecule has 1 aliphatic rings. The van der Waals surface area contributed by atoms with Gasteiger partial charge in [-0.2, -0.15) is 0 Å². The van der Waals surface area contributed by atoms with Gasteiger partial charge in [0.2, 0.25) is 5.24 Å². The van der Waals surface area contributed by atoms with E-state index in [1.54, 1.807) is 0 Å². The molecule has 0 spiro atoms. The zero-order valence-electron chi connectivity index (χ0n) is 7.55. The summed E-state index contributed by atoms with van der Waals surface area (Å²) in [6, 6.07) is 0.000340. The summed E-state index contributed by atoms with van der Waals surface area (Å²) in [4.78, 5) is 13.2. The third-order valence-corrected chi connectivity index (χ3v) is 2.64. The zero-order valence-corrected chi connectivity index (χ0v) is 8.31. The number of carbonyl (C=O) groups excluding carboxylic acids is 1. The van der Waals surface area contributed by atoms with Crippen LogP contribution in [-0.2, 0) is 4.79 Å². The minimum absolute atomic E-state index is 0.000340. The van der Waals surface area contributed by atoms with Gasteiger partial charge in [0.1, 0.15) is 0 Å². The van der Waals surface area contributed by atoms with Crippen molar-refractivity contribution in [3.8, 4) is 0 Å². The maximum absolute atomic E-state index is 11.0. The molecule has 0 N–H and O–H groups in total. The highest BCUT2D eigenvalue weighted by atomic mass is 35.5. The van der Waals surface area contributed by atoms with E-state index in [0.717, 1.165) is 32.4 Å². The number of halogens is 1. The normalized spacial score (nSPS) is 25.7. The van der Waals surface area contributed by atoms with E-state index in [9.17, 15) is 4.79 Å². The van der Waals surface area contributed by atoms with Crippen LogP contribution in [0.4, 0.5) is 0 Å². The fourth-order valence-electron chi connectivity index (χ4n) is 1.80. The Morgan fingerprint density at radius 1 is 1.58 bits per heavy atom. The first-order valence-corrected chi connectivity index (χ1v) is 5.07. The van der Waals surface area contributed by atoms with E-state index in [-0.39, 0.29) is 11.3 Å². The summed E-state index contributed by atoms with van der Waals surface area (Å²) in [6.45, 7) is 4.17. The van der Waals surface area contributed by atoms with Crippen LogP contribution >= 0.6 is 11.6 Å². The summed E-state index contributed by atoms with van der Waals surface area (Å²) < 4.78 is 0. The van der Waals surface area contributed by atoms with Crippen molar-refractivity contribution < 1.29 is 4.79 Å². The Hall–Kier alpha value is -0.0800. The number of rotatable bonds is 3. The molecule has 1 rings (SSSR count). The molecule has 0 aromatic rings. The highest BCUT2D eigenvalue weighted by molar-refractivity contribution is 6.64. The van der Waals surface area contributed by atoms with Crippen LogP contribution in [-0.4, -0.2) is 29.3 Å². The molecule has 1 atom stereocenters. The van der Waals surface area contributed by atoms with Crippen LogP contribution in [0, 0.1) is 0 Å². The number of hydrogen-bond donors (Lipinski definition) is 0. The van der Waals surface area contributed by atoms with E-state index < -0.39 is 0 Å². The molecule has 0 radical (unpaired) electrons. The first-order chi connectivity index (χ1) is 5.75. The van der Waals surface area contributed by atoms with E-state index in [0.29, 0.717) is 0 Å². The van der Waals surface area contributed by atoms with Gasteiger partial charge in [0.25, 0.3) is 0 Å². The summed E-state index contributed by atoms with van der Waals surface area (Å²) in [5.74, 6) is 0. The van der Waals surface area contributed by atoms with Gasteiger partial charge in [0.15, 0.2) is 0 Å². The molecular formula is C9H16ClNO. The molecule has 1 unspecified atom stereocenters. The molecule has 1 heterocycles. The summed E-state index contributed by atoms with van der Waals surface area (Å²) in [5, 5.41) is -0.178. The molecule has 3 heteroatoms. The topological polar surface area (TPSA) is 20.3 Å². The van der Waals surface area contributed by atoms with Gasteiger partial charge < -0.3 is 0 Å². The van der Waals surface area contributed by atoms with Crippen LogP contribution in [0.2, 0.25) is 0 Å². The summed E-state index contributed by atoms with van der Waals surface area (Å²) in [6.07, 6.45) is 4.40. The summed E-state index contributed by atoms with van der Waals surface area (Å²) >= 11 is 5.51. The maximum Gasteiger partial charge on any atom is 0.238 e. The van der Waals surface area contributed by atoms with E-state index in [2.05, 4.69) is 11.8 Å². The van der Waals surface area contributed by atoms with Crippen LogP contribution in [0.5, 0.6) is 0 Å². The van der Waals surface area contributed by atoms with Crippen LogP contribution in [0.15, 0.2) is 0 Å². The number of likely N-dealkylation sites (tertiary alicyclic amines) is 1. The van der Waals surface area contributed by atoms with E-state index in [1.807, 2.05) is 0 Å². The Kier molecular flexibility index (Phi) is 4.02. The number of hydrogen-bond acceptors (Lipinski definition) is 2. The Morgan fingerprint density at radius 3 is 2.92 bits per heavy atom. The van der Waals surface area contributed by atoms with Gasteiger partial charge in [0, 0.05) is 0 Å². The molecule has 1 aliphatic heterocycles. The van der Waals surface area contributed by atoms with Crippen molar-refractivity contribution in [3.05, 3.63) is 0 Å². The largest absolute Gasteiger partial charge is 0.293 e. The zero-order chi connectivity index (χ0) is 8.97. The van der Waals surface area contributed by atoms with Crippen molar-refractivity contribution in [2.45, 2.75) is 38.6 Å². The van der Waals surface area contributed by atoms with Crippen molar-refractivity contribution in [1.29, 1.82) is 0 Å².